The van der Waals surface area contributed by atoms with Gasteiger partial charge in [-0.15, -0.1) is 0 Å². The zero-order chi connectivity index (χ0) is 14.3. The maximum atomic E-state index is 13.5. The molecule has 0 atom stereocenters. The molecule has 3 rings (SSSR count). The van der Waals surface area contributed by atoms with Crippen LogP contribution in [0.2, 0.25) is 0 Å². The van der Waals surface area contributed by atoms with E-state index in [9.17, 15) is 13.2 Å². The highest BCUT2D eigenvalue weighted by Gasteiger charge is 2.11. The molecule has 1 heterocycles. The van der Waals surface area contributed by atoms with Crippen molar-refractivity contribution in [3.63, 3.8) is 0 Å². The SMILES string of the molecule is Nc1ccc2nc(Nc3cc(F)c(F)cc3F)[nH]c2c1. The summed E-state index contributed by atoms with van der Waals surface area (Å²) in [7, 11) is 0. The summed E-state index contributed by atoms with van der Waals surface area (Å²) in [4.78, 5) is 7.00. The van der Waals surface area contributed by atoms with Gasteiger partial charge in [0, 0.05) is 17.8 Å². The molecular weight excluding hydrogens is 269 g/mol. The molecule has 0 aliphatic carbocycles. The third kappa shape index (κ3) is 2.13. The smallest absolute Gasteiger partial charge is 0.205 e. The molecule has 0 saturated heterocycles. The lowest BCUT2D eigenvalue weighted by Crippen LogP contribution is -1.98. The summed E-state index contributed by atoms with van der Waals surface area (Å²) < 4.78 is 39.4. The summed E-state index contributed by atoms with van der Waals surface area (Å²) in [5.74, 6) is -3.10. The Hall–Kier alpha value is -2.70. The molecule has 0 aliphatic rings. The molecule has 0 fully saturated rings. The summed E-state index contributed by atoms with van der Waals surface area (Å²) in [5, 5.41) is 2.56. The summed E-state index contributed by atoms with van der Waals surface area (Å²) >= 11 is 0. The number of benzene rings is 2. The minimum atomic E-state index is -1.24. The van der Waals surface area contributed by atoms with Gasteiger partial charge in [-0.2, -0.15) is 0 Å². The normalized spacial score (nSPS) is 10.9. The molecule has 1 aromatic heterocycles. The van der Waals surface area contributed by atoms with Gasteiger partial charge in [0.25, 0.3) is 0 Å². The van der Waals surface area contributed by atoms with Crippen LogP contribution in [0.15, 0.2) is 30.3 Å². The molecule has 2 aromatic carbocycles. The van der Waals surface area contributed by atoms with Crippen LogP contribution in [0.4, 0.5) is 30.5 Å². The van der Waals surface area contributed by atoms with Gasteiger partial charge >= 0.3 is 0 Å². The molecule has 102 valence electrons. The molecule has 0 unspecified atom stereocenters. The fourth-order valence-electron chi connectivity index (χ4n) is 1.83. The van der Waals surface area contributed by atoms with Crippen molar-refractivity contribution in [3.8, 4) is 0 Å². The van der Waals surface area contributed by atoms with Crippen molar-refractivity contribution in [2.45, 2.75) is 0 Å². The second kappa shape index (κ2) is 4.44. The van der Waals surface area contributed by atoms with Crippen LogP contribution in [-0.2, 0) is 0 Å². The van der Waals surface area contributed by atoms with Crippen molar-refractivity contribution < 1.29 is 13.2 Å². The van der Waals surface area contributed by atoms with Crippen LogP contribution in [0.3, 0.4) is 0 Å². The minimum Gasteiger partial charge on any atom is -0.399 e. The van der Waals surface area contributed by atoms with Gasteiger partial charge in [0.15, 0.2) is 11.6 Å². The molecule has 3 aromatic rings. The number of imidazole rings is 1. The summed E-state index contributed by atoms with van der Waals surface area (Å²) in [5.41, 5.74) is 7.23. The molecule has 0 aliphatic heterocycles. The van der Waals surface area contributed by atoms with E-state index in [4.69, 9.17) is 5.73 Å². The number of nitrogens with zero attached hydrogens (tertiary/aromatic N) is 1. The fourth-order valence-corrected chi connectivity index (χ4v) is 1.83. The molecule has 20 heavy (non-hydrogen) atoms. The van der Waals surface area contributed by atoms with Crippen LogP contribution < -0.4 is 11.1 Å². The first-order valence-corrected chi connectivity index (χ1v) is 5.70. The lowest BCUT2D eigenvalue weighted by atomic mass is 10.3. The zero-order valence-corrected chi connectivity index (χ0v) is 10.0. The average molecular weight is 278 g/mol. The van der Waals surface area contributed by atoms with Crippen molar-refractivity contribution >= 4 is 28.4 Å². The number of nitrogens with one attached hydrogen (secondary N) is 2. The Balaban J connectivity index is 1.99. The van der Waals surface area contributed by atoms with E-state index < -0.39 is 17.5 Å². The van der Waals surface area contributed by atoms with E-state index in [-0.39, 0.29) is 11.6 Å². The Morgan fingerprint density at radius 1 is 1.00 bits per heavy atom. The van der Waals surface area contributed by atoms with Gasteiger partial charge in [0.1, 0.15) is 5.82 Å². The second-order valence-electron chi connectivity index (χ2n) is 4.23. The molecule has 0 bridgehead atoms. The number of hydrogen-bond donors (Lipinski definition) is 3. The predicted molar refractivity (Wildman–Crippen MR) is 70.1 cm³/mol. The van der Waals surface area contributed by atoms with Gasteiger partial charge < -0.3 is 16.0 Å². The molecule has 0 radical (unpaired) electrons. The first kappa shape index (κ1) is 12.3. The quantitative estimate of drug-likeness (QED) is 0.497. The van der Waals surface area contributed by atoms with E-state index >= 15 is 0 Å². The third-order valence-corrected chi connectivity index (χ3v) is 2.77. The molecule has 0 saturated carbocycles. The van der Waals surface area contributed by atoms with Crippen molar-refractivity contribution in [2.24, 2.45) is 0 Å². The van der Waals surface area contributed by atoms with E-state index in [0.717, 1.165) is 6.07 Å². The minimum absolute atomic E-state index is 0.204. The molecule has 0 spiro atoms. The van der Waals surface area contributed by atoms with Crippen LogP contribution in [0.1, 0.15) is 0 Å². The van der Waals surface area contributed by atoms with E-state index in [1.165, 1.54) is 0 Å². The highest BCUT2D eigenvalue weighted by Crippen LogP contribution is 2.23. The highest BCUT2D eigenvalue weighted by molar-refractivity contribution is 5.81. The lowest BCUT2D eigenvalue weighted by molar-refractivity contribution is 0.496. The van der Waals surface area contributed by atoms with Gasteiger partial charge in [0.05, 0.1) is 16.7 Å². The molecule has 7 heteroatoms. The molecule has 0 amide bonds. The van der Waals surface area contributed by atoms with E-state index in [1.54, 1.807) is 18.2 Å². The van der Waals surface area contributed by atoms with Gasteiger partial charge in [-0.3, -0.25) is 0 Å². The van der Waals surface area contributed by atoms with Crippen molar-refractivity contribution in [1.29, 1.82) is 0 Å². The number of fused-ring (bicyclic) bond motifs is 1. The fraction of sp³-hybridized carbons (Fsp3) is 0. The van der Waals surface area contributed by atoms with Crippen LogP contribution in [-0.4, -0.2) is 9.97 Å². The van der Waals surface area contributed by atoms with E-state index in [1.807, 2.05) is 0 Å². The number of nitrogen functional groups attached to an aromatic ring is 1. The number of nitrogens with two attached hydrogens (primary N) is 1. The summed E-state index contributed by atoms with van der Waals surface area (Å²) in [6.45, 7) is 0. The molecular formula is C13H9F3N4. The van der Waals surface area contributed by atoms with Gasteiger partial charge in [-0.25, -0.2) is 18.2 Å². The van der Waals surface area contributed by atoms with Crippen LogP contribution >= 0.6 is 0 Å². The van der Waals surface area contributed by atoms with Gasteiger partial charge in [-0.1, -0.05) is 0 Å². The molecule has 4 nitrogen and oxygen atoms in total. The number of hydrogen-bond acceptors (Lipinski definition) is 3. The Morgan fingerprint density at radius 3 is 2.55 bits per heavy atom. The predicted octanol–water partition coefficient (Wildman–Crippen LogP) is 3.31. The topological polar surface area (TPSA) is 66.7 Å². The van der Waals surface area contributed by atoms with Gasteiger partial charge in [0.2, 0.25) is 5.95 Å². The number of rotatable bonds is 2. The maximum absolute atomic E-state index is 13.5. The van der Waals surface area contributed by atoms with Crippen LogP contribution in [0.5, 0.6) is 0 Å². The number of aromatic amines is 1. The van der Waals surface area contributed by atoms with E-state index in [0.29, 0.717) is 22.8 Å². The third-order valence-electron chi connectivity index (χ3n) is 2.77. The standard InChI is InChI=1S/C13H9F3N4/c14-7-4-9(16)11(5-8(7)15)19-13-18-10-2-1-6(17)3-12(10)20-13/h1-5H,17H2,(H2,18,19,20). The van der Waals surface area contributed by atoms with Crippen LogP contribution in [0, 0.1) is 17.5 Å². The second-order valence-corrected chi connectivity index (χ2v) is 4.23. The number of halogens is 3. The highest BCUT2D eigenvalue weighted by atomic mass is 19.2. The first-order valence-electron chi connectivity index (χ1n) is 5.70. The number of aromatic nitrogens is 2. The Morgan fingerprint density at radius 2 is 1.75 bits per heavy atom. The maximum Gasteiger partial charge on any atom is 0.205 e. The van der Waals surface area contributed by atoms with Crippen molar-refractivity contribution in [3.05, 3.63) is 47.8 Å². The molecule has 4 N–H and O–H groups in total. The summed E-state index contributed by atoms with van der Waals surface area (Å²) in [6.07, 6.45) is 0. The largest absolute Gasteiger partial charge is 0.399 e. The Kier molecular flexibility index (Phi) is 2.74. The lowest BCUT2D eigenvalue weighted by Gasteiger charge is -2.04. The Labute approximate surface area is 111 Å². The number of H-pyrrole nitrogens is 1. The van der Waals surface area contributed by atoms with Crippen molar-refractivity contribution in [1.82, 2.24) is 9.97 Å². The average Bonchev–Trinajstić information content (AvgIpc) is 2.77. The van der Waals surface area contributed by atoms with E-state index in [2.05, 4.69) is 15.3 Å². The summed E-state index contributed by atoms with van der Waals surface area (Å²) in [6, 6.07) is 6.22. The zero-order valence-electron chi connectivity index (χ0n) is 10.0. The Bertz CT molecular complexity index is 798. The first-order chi connectivity index (χ1) is 9.52. The van der Waals surface area contributed by atoms with Crippen molar-refractivity contribution in [2.75, 3.05) is 11.1 Å². The monoisotopic (exact) mass is 278 g/mol. The number of anilines is 3. The van der Waals surface area contributed by atoms with Gasteiger partial charge in [-0.05, 0) is 18.2 Å². The van der Waals surface area contributed by atoms with Crippen LogP contribution in [0.25, 0.3) is 11.0 Å².